The molecule has 3 rings (SSSR count). The second kappa shape index (κ2) is 5.72. The van der Waals surface area contributed by atoms with Crippen LogP contribution in [-0.2, 0) is 4.79 Å². The van der Waals surface area contributed by atoms with Gasteiger partial charge in [0.2, 0.25) is 5.78 Å². The molecule has 0 saturated carbocycles. The Bertz CT molecular complexity index is 829. The second-order valence-electron chi connectivity index (χ2n) is 5.56. The lowest BCUT2D eigenvalue weighted by Crippen LogP contribution is -2.02. The molecule has 4 nitrogen and oxygen atoms in total. The largest absolute Gasteiger partial charge is 0.452 e. The molecule has 0 amide bonds. The molecule has 0 unspecified atom stereocenters. The highest BCUT2D eigenvalue weighted by atomic mass is 16.5. The van der Waals surface area contributed by atoms with Crippen molar-refractivity contribution in [3.8, 4) is 11.5 Å². The third kappa shape index (κ3) is 3.01. The number of carbonyl (C=O) groups excluding carboxylic acids is 2. The number of aryl methyl sites for hydroxylation is 2. The van der Waals surface area contributed by atoms with Crippen molar-refractivity contribution in [1.82, 2.24) is 0 Å². The normalized spacial score (nSPS) is 14.6. The molecule has 2 aromatic rings. The van der Waals surface area contributed by atoms with Crippen LogP contribution in [0.25, 0.3) is 6.08 Å². The summed E-state index contributed by atoms with van der Waals surface area (Å²) in [4.78, 5) is 23.6. The van der Waals surface area contributed by atoms with E-state index in [9.17, 15) is 9.59 Å². The summed E-state index contributed by atoms with van der Waals surface area (Å²) < 4.78 is 10.7. The molecule has 0 aromatic heterocycles. The molecule has 23 heavy (non-hydrogen) atoms. The average molecular weight is 308 g/mol. The Hall–Kier alpha value is -2.88. The van der Waals surface area contributed by atoms with Crippen LogP contribution < -0.4 is 9.47 Å². The number of ether oxygens (including phenoxy) is 2. The number of Topliss-reactive ketones (excluding diaryl/α,β-unsaturated/α-hetero) is 1. The maximum absolute atomic E-state index is 12.5. The number of esters is 1. The SMILES string of the molecule is CC(=O)Oc1cc(C)c2c(c1)O/C(=C\c1ccc(C)cc1)C2=O. The number of benzene rings is 2. The van der Waals surface area contributed by atoms with Crippen molar-refractivity contribution in [2.24, 2.45) is 0 Å². The monoisotopic (exact) mass is 308 g/mol. The van der Waals surface area contributed by atoms with Gasteiger partial charge in [-0.25, -0.2) is 0 Å². The first kappa shape index (κ1) is 15.0. The van der Waals surface area contributed by atoms with Gasteiger partial charge in [-0.15, -0.1) is 0 Å². The van der Waals surface area contributed by atoms with Crippen LogP contribution in [0.4, 0.5) is 0 Å². The smallest absolute Gasteiger partial charge is 0.308 e. The van der Waals surface area contributed by atoms with Crippen LogP contribution in [0.1, 0.15) is 34.0 Å². The fourth-order valence-corrected chi connectivity index (χ4v) is 2.52. The first-order valence-corrected chi connectivity index (χ1v) is 7.28. The highest BCUT2D eigenvalue weighted by Gasteiger charge is 2.30. The first-order valence-electron chi connectivity index (χ1n) is 7.28. The molecule has 0 aliphatic carbocycles. The molecule has 0 bridgehead atoms. The Morgan fingerprint density at radius 2 is 1.83 bits per heavy atom. The Morgan fingerprint density at radius 1 is 1.13 bits per heavy atom. The lowest BCUT2D eigenvalue weighted by Gasteiger charge is -2.05. The third-order valence-electron chi connectivity index (χ3n) is 3.58. The Kier molecular flexibility index (Phi) is 3.74. The highest BCUT2D eigenvalue weighted by Crippen LogP contribution is 2.37. The van der Waals surface area contributed by atoms with Gasteiger partial charge < -0.3 is 9.47 Å². The Labute approximate surface area is 134 Å². The van der Waals surface area contributed by atoms with Gasteiger partial charge in [0.1, 0.15) is 11.5 Å². The van der Waals surface area contributed by atoms with Crippen molar-refractivity contribution in [2.75, 3.05) is 0 Å². The van der Waals surface area contributed by atoms with Crippen molar-refractivity contribution >= 4 is 17.8 Å². The van der Waals surface area contributed by atoms with Gasteiger partial charge in [0.15, 0.2) is 5.76 Å². The van der Waals surface area contributed by atoms with Crippen molar-refractivity contribution in [2.45, 2.75) is 20.8 Å². The summed E-state index contributed by atoms with van der Waals surface area (Å²) in [5, 5.41) is 0. The fourth-order valence-electron chi connectivity index (χ4n) is 2.52. The van der Waals surface area contributed by atoms with Gasteiger partial charge in [-0.3, -0.25) is 9.59 Å². The van der Waals surface area contributed by atoms with Crippen LogP contribution >= 0.6 is 0 Å². The minimum absolute atomic E-state index is 0.160. The summed E-state index contributed by atoms with van der Waals surface area (Å²) in [7, 11) is 0. The van der Waals surface area contributed by atoms with E-state index in [-0.39, 0.29) is 11.5 Å². The average Bonchev–Trinajstić information content (AvgIpc) is 2.77. The van der Waals surface area contributed by atoms with E-state index in [4.69, 9.17) is 9.47 Å². The van der Waals surface area contributed by atoms with E-state index in [2.05, 4.69) is 0 Å². The number of ketones is 1. The van der Waals surface area contributed by atoms with Crippen molar-refractivity contribution in [1.29, 1.82) is 0 Å². The van der Waals surface area contributed by atoms with Crippen LogP contribution in [0.3, 0.4) is 0 Å². The topological polar surface area (TPSA) is 52.6 Å². The zero-order valence-corrected chi connectivity index (χ0v) is 13.2. The van der Waals surface area contributed by atoms with Gasteiger partial charge in [-0.2, -0.15) is 0 Å². The van der Waals surface area contributed by atoms with Gasteiger partial charge in [0.05, 0.1) is 5.56 Å². The molecule has 0 saturated heterocycles. The summed E-state index contributed by atoms with van der Waals surface area (Å²) >= 11 is 0. The van der Waals surface area contributed by atoms with Crippen molar-refractivity contribution < 1.29 is 19.1 Å². The molecule has 116 valence electrons. The number of allylic oxidation sites excluding steroid dienone is 1. The summed E-state index contributed by atoms with van der Waals surface area (Å²) in [6, 6.07) is 11.0. The van der Waals surface area contributed by atoms with Crippen LogP contribution in [0.2, 0.25) is 0 Å². The van der Waals surface area contributed by atoms with Gasteiger partial charge in [-0.1, -0.05) is 29.8 Å². The molecule has 0 spiro atoms. The molecular formula is C19H16O4. The molecular weight excluding hydrogens is 292 g/mol. The molecule has 1 heterocycles. The third-order valence-corrected chi connectivity index (χ3v) is 3.58. The zero-order valence-electron chi connectivity index (χ0n) is 13.2. The lowest BCUT2D eigenvalue weighted by atomic mass is 10.0. The summed E-state index contributed by atoms with van der Waals surface area (Å²) in [5.74, 6) is 0.492. The van der Waals surface area contributed by atoms with Gasteiger partial charge >= 0.3 is 5.97 Å². The lowest BCUT2D eigenvalue weighted by molar-refractivity contribution is -0.131. The number of fused-ring (bicyclic) bond motifs is 1. The molecule has 4 heteroatoms. The van der Waals surface area contributed by atoms with Crippen LogP contribution in [-0.4, -0.2) is 11.8 Å². The van der Waals surface area contributed by atoms with Crippen LogP contribution in [0.15, 0.2) is 42.2 Å². The molecule has 1 aliphatic rings. The van der Waals surface area contributed by atoms with E-state index in [0.717, 1.165) is 16.7 Å². The quantitative estimate of drug-likeness (QED) is 0.480. The van der Waals surface area contributed by atoms with Crippen molar-refractivity contribution in [3.63, 3.8) is 0 Å². The molecule has 2 aromatic carbocycles. The number of rotatable bonds is 2. The van der Waals surface area contributed by atoms with Gasteiger partial charge in [0, 0.05) is 13.0 Å². The fraction of sp³-hybridized carbons (Fsp3) is 0.158. The standard InChI is InChI=1S/C19H16O4/c1-11-4-6-14(7-5-11)9-17-19(21)18-12(2)8-15(22-13(3)20)10-16(18)23-17/h4-10H,1-3H3/b17-9-. The van der Waals surface area contributed by atoms with Gasteiger partial charge in [0.25, 0.3) is 0 Å². The second-order valence-corrected chi connectivity index (χ2v) is 5.56. The van der Waals surface area contributed by atoms with Crippen molar-refractivity contribution in [3.05, 3.63) is 64.4 Å². The molecule has 0 N–H and O–H groups in total. The van der Waals surface area contributed by atoms with Crippen LogP contribution in [0.5, 0.6) is 11.5 Å². The summed E-state index contributed by atoms with van der Waals surface area (Å²) in [6.45, 7) is 5.13. The molecule has 0 fully saturated rings. The van der Waals surface area contributed by atoms with Crippen LogP contribution in [0, 0.1) is 13.8 Å². The molecule has 0 radical (unpaired) electrons. The Balaban J connectivity index is 1.96. The molecule has 1 aliphatic heterocycles. The van der Waals surface area contributed by atoms with E-state index < -0.39 is 5.97 Å². The first-order chi connectivity index (χ1) is 10.9. The maximum Gasteiger partial charge on any atom is 0.308 e. The summed E-state index contributed by atoms with van der Waals surface area (Å²) in [6.07, 6.45) is 1.71. The zero-order chi connectivity index (χ0) is 16.6. The summed E-state index contributed by atoms with van der Waals surface area (Å²) in [5.41, 5.74) is 3.27. The number of hydrogen-bond acceptors (Lipinski definition) is 4. The Morgan fingerprint density at radius 3 is 2.48 bits per heavy atom. The highest BCUT2D eigenvalue weighted by molar-refractivity contribution is 6.15. The number of hydrogen-bond donors (Lipinski definition) is 0. The van der Waals surface area contributed by atoms with E-state index >= 15 is 0 Å². The van der Waals surface area contributed by atoms with Gasteiger partial charge in [-0.05, 0) is 37.1 Å². The van der Waals surface area contributed by atoms with E-state index in [1.807, 2.05) is 31.2 Å². The van der Waals surface area contributed by atoms with E-state index in [1.165, 1.54) is 6.92 Å². The maximum atomic E-state index is 12.5. The van der Waals surface area contributed by atoms with E-state index in [0.29, 0.717) is 17.1 Å². The minimum atomic E-state index is -0.413. The number of carbonyl (C=O) groups is 2. The van der Waals surface area contributed by atoms with E-state index in [1.54, 1.807) is 25.1 Å². The predicted molar refractivity (Wildman–Crippen MR) is 86.6 cm³/mol. The minimum Gasteiger partial charge on any atom is -0.452 e. The predicted octanol–water partition coefficient (Wildman–Crippen LogP) is 3.84. The molecule has 0 atom stereocenters.